The van der Waals surface area contributed by atoms with E-state index in [1.165, 1.54) is 24.1 Å². The summed E-state index contributed by atoms with van der Waals surface area (Å²) in [7, 11) is 1.43. The molecule has 188 valence electrons. The standard InChI is InChI=1S/C23H26ClF2N5O4/c1-23(6-7-32)12-30(17(11-35-23)20(25)26)22(33)16-10-31-21(28-13-29-31)19(34-2)18(16)27-9-14-4-3-5-15(24)8-14/h3-5,8,10,13,17,20,27,32H,6-7,9,11-12H2,1-2H3. The molecular formula is C23H26ClF2N5O4. The SMILES string of the molecule is COc1c(NCc2cccc(Cl)c2)c(C(=O)N2CC(C)(CCO)OCC2C(F)F)cn2ncnc12. The molecule has 2 atom stereocenters. The van der Waals surface area contributed by atoms with Crippen LogP contribution in [0.25, 0.3) is 5.65 Å². The predicted molar refractivity (Wildman–Crippen MR) is 125 cm³/mol. The number of rotatable bonds is 8. The van der Waals surface area contributed by atoms with Crippen LogP contribution in [0.15, 0.2) is 36.8 Å². The molecule has 12 heteroatoms. The third-order valence-electron chi connectivity index (χ3n) is 6.02. The summed E-state index contributed by atoms with van der Waals surface area (Å²) in [5.41, 5.74) is 0.606. The Morgan fingerprint density at radius 2 is 2.26 bits per heavy atom. The van der Waals surface area contributed by atoms with E-state index in [9.17, 15) is 18.7 Å². The van der Waals surface area contributed by atoms with Crippen molar-refractivity contribution in [2.24, 2.45) is 0 Å². The minimum atomic E-state index is -2.82. The van der Waals surface area contributed by atoms with Crippen LogP contribution in [0.5, 0.6) is 5.75 Å². The molecule has 3 aromatic rings. The van der Waals surface area contributed by atoms with Gasteiger partial charge in [-0.15, -0.1) is 0 Å². The fourth-order valence-corrected chi connectivity index (χ4v) is 4.38. The van der Waals surface area contributed by atoms with Crippen molar-refractivity contribution in [1.82, 2.24) is 19.5 Å². The van der Waals surface area contributed by atoms with E-state index in [1.807, 2.05) is 6.07 Å². The molecule has 1 aromatic carbocycles. The first-order chi connectivity index (χ1) is 16.8. The highest BCUT2D eigenvalue weighted by Gasteiger charge is 2.44. The molecule has 2 N–H and O–H groups in total. The fourth-order valence-electron chi connectivity index (χ4n) is 4.17. The monoisotopic (exact) mass is 509 g/mol. The van der Waals surface area contributed by atoms with Gasteiger partial charge in [0.05, 0.1) is 37.1 Å². The zero-order chi connectivity index (χ0) is 25.2. The Hall–Kier alpha value is -3.02. The first kappa shape index (κ1) is 25.1. The van der Waals surface area contributed by atoms with E-state index in [4.69, 9.17) is 21.1 Å². The highest BCUT2D eigenvalue weighted by molar-refractivity contribution is 6.30. The number of nitrogens with zero attached hydrogens (tertiary/aromatic N) is 4. The minimum Gasteiger partial charge on any atom is -0.491 e. The third-order valence-corrected chi connectivity index (χ3v) is 6.25. The van der Waals surface area contributed by atoms with Crippen LogP contribution in [0, 0.1) is 0 Å². The molecule has 1 amide bonds. The summed E-state index contributed by atoms with van der Waals surface area (Å²) in [4.78, 5) is 19.1. The maximum atomic E-state index is 13.9. The number of carbonyl (C=O) groups excluding carboxylic acids is 1. The number of aliphatic hydroxyl groups excluding tert-OH is 1. The summed E-state index contributed by atoms with van der Waals surface area (Å²) in [6.45, 7) is 1.29. The number of ether oxygens (including phenoxy) is 2. The molecule has 0 radical (unpaired) electrons. The van der Waals surface area contributed by atoms with Gasteiger partial charge in [0.1, 0.15) is 12.4 Å². The summed E-state index contributed by atoms with van der Waals surface area (Å²) in [6, 6.07) is 5.72. The van der Waals surface area contributed by atoms with Crippen LogP contribution >= 0.6 is 11.6 Å². The maximum Gasteiger partial charge on any atom is 0.260 e. The molecular weight excluding hydrogens is 484 g/mol. The van der Waals surface area contributed by atoms with Crippen molar-refractivity contribution in [2.45, 2.75) is 38.0 Å². The number of aromatic nitrogens is 3. The van der Waals surface area contributed by atoms with Gasteiger partial charge >= 0.3 is 0 Å². The lowest BCUT2D eigenvalue weighted by Gasteiger charge is -2.45. The Morgan fingerprint density at radius 1 is 1.46 bits per heavy atom. The van der Waals surface area contributed by atoms with Gasteiger partial charge in [-0.25, -0.2) is 18.3 Å². The lowest BCUT2D eigenvalue weighted by Crippen LogP contribution is -2.59. The van der Waals surface area contributed by atoms with Gasteiger partial charge in [-0.1, -0.05) is 23.7 Å². The van der Waals surface area contributed by atoms with E-state index in [0.29, 0.717) is 16.4 Å². The number of anilines is 1. The Bertz CT molecular complexity index is 1210. The van der Waals surface area contributed by atoms with Gasteiger partial charge in [0.2, 0.25) is 0 Å². The second-order valence-electron chi connectivity index (χ2n) is 8.53. The summed E-state index contributed by atoms with van der Waals surface area (Å²) in [5.74, 6) is -0.401. The van der Waals surface area contributed by atoms with Gasteiger partial charge in [0.25, 0.3) is 12.3 Å². The highest BCUT2D eigenvalue weighted by Crippen LogP contribution is 2.36. The number of nitrogens with one attached hydrogen (secondary N) is 1. The number of pyridine rings is 1. The Morgan fingerprint density at radius 3 is 2.94 bits per heavy atom. The second-order valence-corrected chi connectivity index (χ2v) is 8.97. The lowest BCUT2D eigenvalue weighted by atomic mass is 9.97. The molecule has 0 spiro atoms. The van der Waals surface area contributed by atoms with Crippen LogP contribution in [0.3, 0.4) is 0 Å². The normalized spacial score (nSPS) is 20.4. The van der Waals surface area contributed by atoms with E-state index in [2.05, 4.69) is 15.4 Å². The third kappa shape index (κ3) is 5.16. The van der Waals surface area contributed by atoms with E-state index in [-0.39, 0.29) is 44.0 Å². The number of fused-ring (bicyclic) bond motifs is 1. The average Bonchev–Trinajstić information content (AvgIpc) is 3.29. The zero-order valence-corrected chi connectivity index (χ0v) is 20.0. The van der Waals surface area contributed by atoms with Gasteiger partial charge in [-0.05, 0) is 24.6 Å². The number of hydrogen-bond acceptors (Lipinski definition) is 7. The van der Waals surface area contributed by atoms with Crippen LogP contribution in [0.1, 0.15) is 29.3 Å². The largest absolute Gasteiger partial charge is 0.491 e. The van der Waals surface area contributed by atoms with Crippen LogP contribution in [0.2, 0.25) is 5.02 Å². The molecule has 1 saturated heterocycles. The molecule has 0 saturated carbocycles. The van der Waals surface area contributed by atoms with Crippen molar-refractivity contribution >= 4 is 28.8 Å². The quantitative estimate of drug-likeness (QED) is 0.480. The summed E-state index contributed by atoms with van der Waals surface area (Å²) >= 11 is 6.09. The summed E-state index contributed by atoms with van der Waals surface area (Å²) in [5, 5.41) is 17.3. The van der Waals surface area contributed by atoms with Crippen molar-refractivity contribution in [3.8, 4) is 5.75 Å². The average molecular weight is 510 g/mol. The number of alkyl halides is 2. The van der Waals surface area contributed by atoms with Crippen molar-refractivity contribution in [1.29, 1.82) is 0 Å². The highest BCUT2D eigenvalue weighted by atomic mass is 35.5. The molecule has 4 rings (SSSR count). The van der Waals surface area contributed by atoms with Crippen molar-refractivity contribution in [3.05, 3.63) is 52.9 Å². The minimum absolute atomic E-state index is 0.0841. The van der Waals surface area contributed by atoms with Crippen LogP contribution in [0.4, 0.5) is 14.5 Å². The molecule has 1 aliphatic heterocycles. The Labute approximate surface area is 205 Å². The first-order valence-corrected chi connectivity index (χ1v) is 11.4. The zero-order valence-electron chi connectivity index (χ0n) is 19.2. The smallest absolute Gasteiger partial charge is 0.260 e. The van der Waals surface area contributed by atoms with Crippen molar-refractivity contribution in [3.63, 3.8) is 0 Å². The second kappa shape index (κ2) is 10.3. The topological polar surface area (TPSA) is 101 Å². The first-order valence-electron chi connectivity index (χ1n) is 11.0. The number of morpholine rings is 1. The summed E-state index contributed by atoms with van der Waals surface area (Å²) < 4.78 is 40.4. The molecule has 9 nitrogen and oxygen atoms in total. The van der Waals surface area contributed by atoms with E-state index >= 15 is 0 Å². The molecule has 2 aromatic heterocycles. The van der Waals surface area contributed by atoms with Gasteiger partial charge in [-0.3, -0.25) is 4.79 Å². The Kier molecular flexibility index (Phi) is 7.39. The van der Waals surface area contributed by atoms with Gasteiger partial charge in [0, 0.05) is 30.8 Å². The number of aliphatic hydroxyl groups is 1. The lowest BCUT2D eigenvalue weighted by molar-refractivity contribution is -0.146. The molecule has 3 heterocycles. The van der Waals surface area contributed by atoms with E-state index in [0.717, 1.165) is 10.5 Å². The molecule has 2 unspecified atom stereocenters. The predicted octanol–water partition coefficient (Wildman–Crippen LogP) is 3.25. The van der Waals surface area contributed by atoms with Gasteiger partial charge in [-0.2, -0.15) is 5.10 Å². The Balaban J connectivity index is 1.77. The number of amides is 1. The van der Waals surface area contributed by atoms with Gasteiger partial charge in [0.15, 0.2) is 11.4 Å². The maximum absolute atomic E-state index is 13.9. The number of halogens is 3. The van der Waals surface area contributed by atoms with Gasteiger partial charge < -0.3 is 24.8 Å². The molecule has 1 fully saturated rings. The molecule has 35 heavy (non-hydrogen) atoms. The van der Waals surface area contributed by atoms with E-state index in [1.54, 1.807) is 25.1 Å². The number of hydrogen-bond donors (Lipinski definition) is 2. The fraction of sp³-hybridized carbons (Fsp3) is 0.435. The van der Waals surface area contributed by atoms with Crippen molar-refractivity contribution in [2.75, 3.05) is 32.2 Å². The van der Waals surface area contributed by atoms with Crippen molar-refractivity contribution < 1.29 is 28.2 Å². The number of methoxy groups -OCH3 is 1. The van der Waals surface area contributed by atoms with Crippen LogP contribution < -0.4 is 10.1 Å². The molecule has 1 aliphatic rings. The number of benzene rings is 1. The van der Waals surface area contributed by atoms with E-state index < -0.39 is 24.0 Å². The molecule has 0 bridgehead atoms. The molecule has 0 aliphatic carbocycles. The number of carbonyl (C=O) groups is 1. The summed E-state index contributed by atoms with van der Waals surface area (Å²) in [6.07, 6.45) is 0.118. The van der Waals surface area contributed by atoms with Crippen LogP contribution in [-0.2, 0) is 11.3 Å². The van der Waals surface area contributed by atoms with Crippen LogP contribution in [-0.4, -0.2) is 75.4 Å².